The van der Waals surface area contributed by atoms with Gasteiger partial charge in [-0.05, 0) is 71.0 Å². The summed E-state index contributed by atoms with van der Waals surface area (Å²) in [6.45, 7) is 2.54. The quantitative estimate of drug-likeness (QED) is 0.212. The largest absolute Gasteiger partial charge is 0.507 e. The molecule has 3 aromatic rings. The molecule has 1 aliphatic heterocycles. The Hall–Kier alpha value is -3.20. The predicted octanol–water partition coefficient (Wildman–Crippen LogP) is 4.71. The number of carbonyl (C=O) groups is 2. The molecule has 32 heavy (non-hydrogen) atoms. The van der Waals surface area contributed by atoms with Crippen molar-refractivity contribution in [1.29, 1.82) is 0 Å². The first-order valence-electron chi connectivity index (χ1n) is 10.2. The van der Waals surface area contributed by atoms with Crippen LogP contribution in [0, 0.1) is 3.57 Å². The Balaban J connectivity index is 1.84. The van der Waals surface area contributed by atoms with Crippen LogP contribution in [0.5, 0.6) is 5.75 Å². The Kier molecular flexibility index (Phi) is 6.55. The minimum Gasteiger partial charge on any atom is -0.507 e. The van der Waals surface area contributed by atoms with Gasteiger partial charge in [0.1, 0.15) is 11.5 Å². The molecular formula is C25H21IN2O4. The van der Waals surface area contributed by atoms with Gasteiger partial charge in [0.2, 0.25) is 0 Å². The van der Waals surface area contributed by atoms with E-state index in [4.69, 9.17) is 4.74 Å². The van der Waals surface area contributed by atoms with Crippen molar-refractivity contribution in [3.05, 3.63) is 98.9 Å². The number of benzene rings is 2. The number of aliphatic hydroxyl groups is 1. The van der Waals surface area contributed by atoms with E-state index < -0.39 is 17.7 Å². The third-order valence-corrected chi connectivity index (χ3v) is 5.94. The van der Waals surface area contributed by atoms with E-state index in [9.17, 15) is 14.7 Å². The molecule has 1 amide bonds. The Morgan fingerprint density at radius 3 is 2.59 bits per heavy atom. The number of hydrogen-bond donors (Lipinski definition) is 1. The van der Waals surface area contributed by atoms with E-state index in [1.54, 1.807) is 42.7 Å². The van der Waals surface area contributed by atoms with Crippen molar-refractivity contribution in [2.24, 2.45) is 0 Å². The molecule has 2 aromatic carbocycles. The van der Waals surface area contributed by atoms with Gasteiger partial charge in [-0.1, -0.05) is 30.3 Å². The second-order valence-electron chi connectivity index (χ2n) is 7.30. The molecule has 1 unspecified atom stereocenters. The number of Topliss-reactive ketones (excluding diaryl/α,β-unsaturated/α-hetero) is 1. The van der Waals surface area contributed by atoms with Gasteiger partial charge in [-0.25, -0.2) is 0 Å². The number of pyridine rings is 1. The van der Waals surface area contributed by atoms with E-state index >= 15 is 0 Å². The number of rotatable bonds is 6. The van der Waals surface area contributed by atoms with Crippen molar-refractivity contribution in [2.45, 2.75) is 19.5 Å². The van der Waals surface area contributed by atoms with Crippen LogP contribution in [0.3, 0.4) is 0 Å². The lowest BCUT2D eigenvalue weighted by molar-refractivity contribution is -0.140. The van der Waals surface area contributed by atoms with E-state index in [1.807, 2.05) is 37.3 Å². The van der Waals surface area contributed by atoms with Gasteiger partial charge in [0, 0.05) is 28.1 Å². The van der Waals surface area contributed by atoms with Crippen LogP contribution in [0.4, 0.5) is 0 Å². The average Bonchev–Trinajstić information content (AvgIpc) is 3.05. The maximum absolute atomic E-state index is 13.1. The highest BCUT2D eigenvalue weighted by Gasteiger charge is 2.46. The molecule has 1 saturated heterocycles. The van der Waals surface area contributed by atoms with Gasteiger partial charge in [0.15, 0.2) is 0 Å². The summed E-state index contributed by atoms with van der Waals surface area (Å²) < 4.78 is 6.56. The summed E-state index contributed by atoms with van der Waals surface area (Å²) in [7, 11) is 0. The summed E-state index contributed by atoms with van der Waals surface area (Å²) in [6, 6.07) is 17.4. The molecule has 0 radical (unpaired) electrons. The van der Waals surface area contributed by atoms with E-state index in [1.165, 1.54) is 4.90 Å². The Bertz CT molecular complexity index is 1180. The highest BCUT2D eigenvalue weighted by Crippen LogP contribution is 2.40. The lowest BCUT2D eigenvalue weighted by atomic mass is 9.95. The van der Waals surface area contributed by atoms with Crippen LogP contribution in [0.2, 0.25) is 0 Å². The number of likely N-dealkylation sites (tertiary alicyclic amines) is 1. The van der Waals surface area contributed by atoms with Gasteiger partial charge in [-0.3, -0.25) is 14.6 Å². The minimum atomic E-state index is -0.719. The summed E-state index contributed by atoms with van der Waals surface area (Å²) in [5.74, 6) is -1.01. The smallest absolute Gasteiger partial charge is 0.295 e. The highest BCUT2D eigenvalue weighted by molar-refractivity contribution is 14.1. The number of nitrogens with zero attached hydrogens (tertiary/aromatic N) is 2. The van der Waals surface area contributed by atoms with Crippen molar-refractivity contribution in [3.63, 3.8) is 0 Å². The molecule has 1 atom stereocenters. The van der Waals surface area contributed by atoms with E-state index in [-0.39, 0.29) is 17.9 Å². The van der Waals surface area contributed by atoms with E-state index in [0.717, 1.165) is 14.7 Å². The third-order valence-electron chi connectivity index (χ3n) is 5.22. The maximum atomic E-state index is 13.1. The van der Waals surface area contributed by atoms with Crippen LogP contribution in [-0.2, 0) is 16.1 Å². The van der Waals surface area contributed by atoms with Crippen LogP contribution in [0.1, 0.15) is 29.7 Å². The Labute approximate surface area is 199 Å². The summed E-state index contributed by atoms with van der Waals surface area (Å²) in [5, 5.41) is 11.2. The van der Waals surface area contributed by atoms with Crippen molar-refractivity contribution in [1.82, 2.24) is 9.88 Å². The number of halogens is 1. The lowest BCUT2D eigenvalue weighted by Crippen LogP contribution is -2.29. The fraction of sp³-hybridized carbons (Fsp3) is 0.160. The van der Waals surface area contributed by atoms with Crippen LogP contribution in [0.15, 0.2) is 78.6 Å². The molecular weight excluding hydrogens is 519 g/mol. The molecule has 1 aromatic heterocycles. The number of hydrogen-bond acceptors (Lipinski definition) is 5. The lowest BCUT2D eigenvalue weighted by Gasteiger charge is -2.25. The standard InChI is InChI=1S/C25H21IN2O4/c1-2-32-20-7-3-6-18(13-20)23(29)21-22(17-8-10-19(26)11-9-17)28(25(31)24(21)30)15-16-5-4-12-27-14-16/h3-14,22,29H,2,15H2,1H3. The Morgan fingerprint density at radius 2 is 1.91 bits per heavy atom. The fourth-order valence-corrected chi connectivity index (χ4v) is 4.14. The van der Waals surface area contributed by atoms with Crippen molar-refractivity contribution in [2.75, 3.05) is 6.61 Å². The first kappa shape index (κ1) is 22.0. The number of ketones is 1. The summed E-state index contributed by atoms with van der Waals surface area (Å²) in [4.78, 5) is 31.8. The van der Waals surface area contributed by atoms with Crippen LogP contribution < -0.4 is 4.74 Å². The molecule has 1 fully saturated rings. The van der Waals surface area contributed by atoms with Crippen LogP contribution >= 0.6 is 22.6 Å². The first-order chi connectivity index (χ1) is 15.5. The normalized spacial score (nSPS) is 17.6. The highest BCUT2D eigenvalue weighted by atomic mass is 127. The average molecular weight is 540 g/mol. The molecule has 0 bridgehead atoms. The number of carbonyl (C=O) groups excluding carboxylic acids is 2. The fourth-order valence-electron chi connectivity index (χ4n) is 3.78. The van der Waals surface area contributed by atoms with E-state index in [2.05, 4.69) is 27.6 Å². The zero-order valence-corrected chi connectivity index (χ0v) is 19.5. The number of ether oxygens (including phenoxy) is 1. The molecule has 0 aliphatic carbocycles. The van der Waals surface area contributed by atoms with Gasteiger partial charge in [0.05, 0.1) is 18.2 Å². The number of aromatic nitrogens is 1. The summed E-state index contributed by atoms with van der Waals surface area (Å²) in [5.41, 5.74) is 2.03. The zero-order chi connectivity index (χ0) is 22.7. The molecule has 7 heteroatoms. The first-order valence-corrected chi connectivity index (χ1v) is 11.2. The Morgan fingerprint density at radius 1 is 1.12 bits per heavy atom. The van der Waals surface area contributed by atoms with Crippen LogP contribution in [0.25, 0.3) is 5.76 Å². The molecule has 0 spiro atoms. The third kappa shape index (κ3) is 4.38. The monoisotopic (exact) mass is 540 g/mol. The molecule has 162 valence electrons. The molecule has 0 saturated carbocycles. The van der Waals surface area contributed by atoms with Gasteiger partial charge in [0.25, 0.3) is 11.7 Å². The molecule has 6 nitrogen and oxygen atoms in total. The zero-order valence-electron chi connectivity index (χ0n) is 17.4. The summed E-state index contributed by atoms with van der Waals surface area (Å²) in [6.07, 6.45) is 3.31. The van der Waals surface area contributed by atoms with Crippen molar-refractivity contribution in [3.8, 4) is 5.75 Å². The van der Waals surface area contributed by atoms with Gasteiger partial charge < -0.3 is 14.7 Å². The van der Waals surface area contributed by atoms with Gasteiger partial charge in [-0.2, -0.15) is 0 Å². The molecule has 1 aliphatic rings. The minimum absolute atomic E-state index is 0.0637. The maximum Gasteiger partial charge on any atom is 0.295 e. The molecule has 4 rings (SSSR count). The number of aliphatic hydroxyl groups excluding tert-OH is 1. The van der Waals surface area contributed by atoms with E-state index in [0.29, 0.717) is 17.9 Å². The second kappa shape index (κ2) is 9.52. The van der Waals surface area contributed by atoms with Gasteiger partial charge in [-0.15, -0.1) is 0 Å². The SMILES string of the molecule is CCOc1cccc(C(O)=C2C(=O)C(=O)N(Cc3cccnc3)C2c2ccc(I)cc2)c1. The predicted molar refractivity (Wildman–Crippen MR) is 129 cm³/mol. The van der Waals surface area contributed by atoms with Crippen LogP contribution in [-0.4, -0.2) is 33.3 Å². The van der Waals surface area contributed by atoms with Crippen molar-refractivity contribution < 1.29 is 19.4 Å². The van der Waals surface area contributed by atoms with Crippen molar-refractivity contribution >= 4 is 40.0 Å². The summed E-state index contributed by atoms with van der Waals surface area (Å²) >= 11 is 2.20. The molecule has 1 N–H and O–H groups in total. The number of amides is 1. The molecule has 2 heterocycles. The van der Waals surface area contributed by atoms with Gasteiger partial charge >= 0.3 is 0 Å². The topological polar surface area (TPSA) is 79.7 Å². The second-order valence-corrected chi connectivity index (χ2v) is 8.55.